The Bertz CT molecular complexity index is 801. The molecule has 1 fully saturated rings. The van der Waals surface area contributed by atoms with Crippen LogP contribution in [0.3, 0.4) is 0 Å². The number of fused-ring (bicyclic) bond motifs is 1. The van der Waals surface area contributed by atoms with Crippen LogP contribution >= 0.6 is 0 Å². The maximum absolute atomic E-state index is 10.5. The molecule has 0 bridgehead atoms. The minimum atomic E-state index is -0.444. The van der Waals surface area contributed by atoms with E-state index in [2.05, 4.69) is 19.5 Å². The van der Waals surface area contributed by atoms with E-state index in [1.165, 1.54) is 0 Å². The Hall–Kier alpha value is -2.24. The van der Waals surface area contributed by atoms with E-state index in [0.29, 0.717) is 12.5 Å². The Kier molecular flexibility index (Phi) is 4.28. The topological polar surface area (TPSA) is 53.7 Å². The molecule has 5 nitrogen and oxygen atoms in total. The van der Waals surface area contributed by atoms with Crippen LogP contribution in [0.1, 0.15) is 36.3 Å². The Morgan fingerprint density at radius 3 is 2.79 bits per heavy atom. The number of aromatic nitrogens is 3. The summed E-state index contributed by atoms with van der Waals surface area (Å²) in [5.41, 5.74) is 1.88. The minimum Gasteiger partial charge on any atom is -0.387 e. The van der Waals surface area contributed by atoms with Crippen molar-refractivity contribution in [2.45, 2.75) is 24.9 Å². The largest absolute Gasteiger partial charge is 0.387 e. The van der Waals surface area contributed by atoms with Gasteiger partial charge in [-0.2, -0.15) is 0 Å². The van der Waals surface area contributed by atoms with Gasteiger partial charge in [-0.15, -0.1) is 10.2 Å². The van der Waals surface area contributed by atoms with E-state index in [9.17, 15) is 5.11 Å². The number of pyridine rings is 1. The number of aliphatic hydroxyl groups excluding tert-OH is 1. The molecule has 3 heterocycles. The first-order valence-corrected chi connectivity index (χ1v) is 8.56. The molecule has 2 unspecified atom stereocenters. The van der Waals surface area contributed by atoms with Crippen LogP contribution in [0.15, 0.2) is 54.7 Å². The molecule has 24 heavy (non-hydrogen) atoms. The zero-order valence-corrected chi connectivity index (χ0v) is 13.6. The van der Waals surface area contributed by atoms with Crippen molar-refractivity contribution < 1.29 is 5.11 Å². The van der Waals surface area contributed by atoms with Crippen LogP contribution in [-0.2, 0) is 0 Å². The lowest BCUT2D eigenvalue weighted by molar-refractivity contribution is 0.0944. The molecule has 2 aromatic heterocycles. The molecule has 1 aromatic carbocycles. The lowest BCUT2D eigenvalue weighted by Crippen LogP contribution is -2.37. The number of piperidine rings is 1. The van der Waals surface area contributed by atoms with E-state index in [1.54, 1.807) is 0 Å². The third-order valence-corrected chi connectivity index (χ3v) is 4.83. The summed E-state index contributed by atoms with van der Waals surface area (Å²) in [7, 11) is 0. The third-order valence-electron chi connectivity index (χ3n) is 4.83. The second-order valence-electron chi connectivity index (χ2n) is 6.51. The Morgan fingerprint density at radius 1 is 1.08 bits per heavy atom. The van der Waals surface area contributed by atoms with Gasteiger partial charge in [-0.05, 0) is 37.1 Å². The summed E-state index contributed by atoms with van der Waals surface area (Å²) in [6.45, 7) is 2.61. The number of β-amino-alcohol motifs (C(OH)–C–C–N with tert-alkyl or cyclic N) is 1. The molecule has 0 spiro atoms. The number of nitrogens with zero attached hydrogens (tertiary/aromatic N) is 4. The molecule has 1 aliphatic rings. The maximum atomic E-state index is 10.5. The van der Waals surface area contributed by atoms with E-state index >= 15 is 0 Å². The molecule has 5 heteroatoms. The fourth-order valence-corrected chi connectivity index (χ4v) is 3.60. The van der Waals surface area contributed by atoms with Gasteiger partial charge >= 0.3 is 0 Å². The van der Waals surface area contributed by atoms with Crippen molar-refractivity contribution in [2.75, 3.05) is 19.6 Å². The zero-order chi connectivity index (χ0) is 16.4. The monoisotopic (exact) mass is 322 g/mol. The SMILES string of the molecule is OC(CN1CCCC(c2nnc3ccccn23)C1)c1ccccc1. The van der Waals surface area contributed by atoms with Crippen LogP contribution in [0.2, 0.25) is 0 Å². The molecular weight excluding hydrogens is 300 g/mol. The first-order chi connectivity index (χ1) is 11.8. The first-order valence-electron chi connectivity index (χ1n) is 8.56. The number of rotatable bonds is 4. The molecule has 2 atom stereocenters. The molecule has 0 saturated carbocycles. The van der Waals surface area contributed by atoms with E-state index in [4.69, 9.17) is 0 Å². The van der Waals surface area contributed by atoms with Gasteiger partial charge in [0.25, 0.3) is 0 Å². The van der Waals surface area contributed by atoms with Gasteiger partial charge in [0.2, 0.25) is 0 Å². The molecule has 0 aliphatic carbocycles. The number of hydrogen-bond acceptors (Lipinski definition) is 4. The van der Waals surface area contributed by atoms with Crippen molar-refractivity contribution in [1.29, 1.82) is 0 Å². The van der Waals surface area contributed by atoms with E-state index in [0.717, 1.165) is 43.0 Å². The highest BCUT2D eigenvalue weighted by atomic mass is 16.3. The van der Waals surface area contributed by atoms with E-state index in [1.807, 2.05) is 54.7 Å². The summed E-state index contributed by atoms with van der Waals surface area (Å²) in [6, 6.07) is 15.9. The fraction of sp³-hybridized carbons (Fsp3) is 0.368. The van der Waals surface area contributed by atoms with Crippen LogP contribution in [0, 0.1) is 0 Å². The van der Waals surface area contributed by atoms with Crippen LogP contribution in [0.4, 0.5) is 0 Å². The zero-order valence-electron chi connectivity index (χ0n) is 13.6. The summed E-state index contributed by atoms with van der Waals surface area (Å²) >= 11 is 0. The quantitative estimate of drug-likeness (QED) is 0.802. The van der Waals surface area contributed by atoms with Crippen molar-refractivity contribution >= 4 is 5.65 Å². The van der Waals surface area contributed by atoms with Crippen molar-refractivity contribution in [3.63, 3.8) is 0 Å². The van der Waals surface area contributed by atoms with Crippen LogP contribution in [0.5, 0.6) is 0 Å². The number of hydrogen-bond donors (Lipinski definition) is 1. The third kappa shape index (κ3) is 3.05. The highest BCUT2D eigenvalue weighted by molar-refractivity contribution is 5.37. The molecule has 0 amide bonds. The van der Waals surface area contributed by atoms with Crippen LogP contribution in [0.25, 0.3) is 5.65 Å². The van der Waals surface area contributed by atoms with Crippen molar-refractivity contribution in [1.82, 2.24) is 19.5 Å². The lowest BCUT2D eigenvalue weighted by Gasteiger charge is -2.33. The second kappa shape index (κ2) is 6.71. The van der Waals surface area contributed by atoms with Crippen molar-refractivity contribution in [2.24, 2.45) is 0 Å². The lowest BCUT2D eigenvalue weighted by atomic mass is 9.96. The summed E-state index contributed by atoms with van der Waals surface area (Å²) < 4.78 is 2.09. The summed E-state index contributed by atoms with van der Waals surface area (Å²) in [5, 5.41) is 19.2. The molecule has 1 aliphatic heterocycles. The number of aliphatic hydroxyl groups is 1. The van der Waals surface area contributed by atoms with Crippen LogP contribution < -0.4 is 0 Å². The smallest absolute Gasteiger partial charge is 0.160 e. The number of likely N-dealkylation sites (tertiary alicyclic amines) is 1. The fourth-order valence-electron chi connectivity index (χ4n) is 3.60. The molecule has 1 saturated heterocycles. The Labute approximate surface area is 141 Å². The predicted octanol–water partition coefficient (Wildman–Crippen LogP) is 2.64. The average molecular weight is 322 g/mol. The molecule has 124 valence electrons. The predicted molar refractivity (Wildman–Crippen MR) is 92.8 cm³/mol. The van der Waals surface area contributed by atoms with E-state index < -0.39 is 6.10 Å². The first kappa shape index (κ1) is 15.3. The highest BCUT2D eigenvalue weighted by Crippen LogP contribution is 2.27. The van der Waals surface area contributed by atoms with Gasteiger partial charge in [0.15, 0.2) is 5.65 Å². The normalized spacial score (nSPS) is 20.3. The standard InChI is InChI=1S/C19H22N4O/c24-17(15-7-2-1-3-8-15)14-22-11-6-9-16(13-22)19-21-20-18-10-4-5-12-23(18)19/h1-5,7-8,10,12,16-17,24H,6,9,11,13-14H2. The summed E-state index contributed by atoms with van der Waals surface area (Å²) in [5.74, 6) is 1.39. The Morgan fingerprint density at radius 2 is 1.92 bits per heavy atom. The average Bonchev–Trinajstić information content (AvgIpc) is 3.07. The van der Waals surface area contributed by atoms with Gasteiger partial charge in [0, 0.05) is 25.2 Å². The minimum absolute atomic E-state index is 0.360. The maximum Gasteiger partial charge on any atom is 0.160 e. The van der Waals surface area contributed by atoms with Gasteiger partial charge in [-0.3, -0.25) is 9.30 Å². The molecule has 4 rings (SSSR count). The van der Waals surface area contributed by atoms with Gasteiger partial charge in [-0.1, -0.05) is 36.4 Å². The van der Waals surface area contributed by atoms with Crippen LogP contribution in [-0.4, -0.2) is 44.2 Å². The molecule has 0 radical (unpaired) electrons. The van der Waals surface area contributed by atoms with Gasteiger partial charge in [0.1, 0.15) is 5.82 Å². The van der Waals surface area contributed by atoms with Gasteiger partial charge in [-0.25, -0.2) is 0 Å². The highest BCUT2D eigenvalue weighted by Gasteiger charge is 2.26. The van der Waals surface area contributed by atoms with Crippen molar-refractivity contribution in [3.05, 3.63) is 66.1 Å². The molecule has 1 N–H and O–H groups in total. The van der Waals surface area contributed by atoms with Gasteiger partial charge < -0.3 is 5.11 Å². The van der Waals surface area contributed by atoms with E-state index in [-0.39, 0.29) is 0 Å². The summed E-state index contributed by atoms with van der Waals surface area (Å²) in [6.07, 6.45) is 3.82. The number of benzene rings is 1. The van der Waals surface area contributed by atoms with Crippen molar-refractivity contribution in [3.8, 4) is 0 Å². The molecule has 3 aromatic rings. The Balaban J connectivity index is 1.48. The second-order valence-corrected chi connectivity index (χ2v) is 6.51. The molecular formula is C19H22N4O. The van der Waals surface area contributed by atoms with Gasteiger partial charge in [0.05, 0.1) is 6.10 Å². The summed E-state index contributed by atoms with van der Waals surface area (Å²) in [4.78, 5) is 2.34.